The molecule has 4 rings (SSSR count). The van der Waals surface area contributed by atoms with Gasteiger partial charge >= 0.3 is 6.09 Å². The third-order valence-corrected chi connectivity index (χ3v) is 5.71. The normalized spacial score (nSPS) is 18.7. The van der Waals surface area contributed by atoms with Crippen molar-refractivity contribution in [3.05, 3.63) is 82.5 Å². The molecule has 30 heavy (non-hydrogen) atoms. The predicted molar refractivity (Wildman–Crippen MR) is 120 cm³/mol. The van der Waals surface area contributed by atoms with Crippen LogP contribution in [0.3, 0.4) is 0 Å². The van der Waals surface area contributed by atoms with Gasteiger partial charge in [0, 0.05) is 10.7 Å². The molecule has 2 heterocycles. The van der Waals surface area contributed by atoms with E-state index >= 15 is 0 Å². The van der Waals surface area contributed by atoms with Crippen LogP contribution in [0.2, 0.25) is 0 Å². The number of rotatable bonds is 5. The fraction of sp³-hybridized carbons (Fsp3) is 0.261. The second-order valence-corrected chi connectivity index (χ2v) is 8.73. The number of nitrogens with zero attached hydrogens (tertiary/aromatic N) is 3. The first kappa shape index (κ1) is 20.3. The third kappa shape index (κ3) is 4.03. The number of aromatic nitrogens is 2. The number of ether oxygens (including phenoxy) is 1. The Hall–Kier alpha value is -2.93. The minimum Gasteiger partial charge on any atom is -0.440 e. The van der Waals surface area contributed by atoms with Gasteiger partial charge in [0.25, 0.3) is 0 Å². The molecule has 1 fully saturated rings. The molecule has 0 aliphatic carbocycles. The smallest absolute Gasteiger partial charge is 0.416 e. The first-order chi connectivity index (χ1) is 14.3. The second kappa shape index (κ2) is 8.07. The number of amides is 1. The minimum absolute atomic E-state index is 0.000223. The van der Waals surface area contributed by atoms with Gasteiger partial charge in [-0.2, -0.15) is 4.98 Å². The molecular formula is C23H23BrN4O2. The maximum absolute atomic E-state index is 12.8. The highest BCUT2D eigenvalue weighted by atomic mass is 79.9. The van der Waals surface area contributed by atoms with Gasteiger partial charge in [-0.25, -0.2) is 14.7 Å². The molecule has 6 nitrogen and oxygen atoms in total. The number of benzene rings is 2. The van der Waals surface area contributed by atoms with Gasteiger partial charge in [0.05, 0.1) is 6.04 Å². The zero-order valence-electron chi connectivity index (χ0n) is 17.0. The van der Waals surface area contributed by atoms with Gasteiger partial charge in [0.2, 0.25) is 5.95 Å². The molecule has 7 heteroatoms. The molecule has 154 valence electrons. The molecule has 0 bridgehead atoms. The summed E-state index contributed by atoms with van der Waals surface area (Å²) in [4.78, 5) is 23.3. The lowest BCUT2D eigenvalue weighted by atomic mass is 9.91. The largest absolute Gasteiger partial charge is 0.440 e. The highest BCUT2D eigenvalue weighted by Crippen LogP contribution is 2.43. The Bertz CT molecular complexity index is 1040. The van der Waals surface area contributed by atoms with E-state index in [9.17, 15) is 4.79 Å². The highest BCUT2D eigenvalue weighted by molar-refractivity contribution is 9.10. The van der Waals surface area contributed by atoms with Crippen LogP contribution in [0.25, 0.3) is 0 Å². The van der Waals surface area contributed by atoms with Crippen LogP contribution in [-0.2, 0) is 4.74 Å². The van der Waals surface area contributed by atoms with Gasteiger partial charge in [-0.3, -0.25) is 0 Å². The number of halogens is 1. The van der Waals surface area contributed by atoms with Crippen molar-refractivity contribution in [2.24, 2.45) is 0 Å². The van der Waals surface area contributed by atoms with E-state index in [0.29, 0.717) is 11.8 Å². The Balaban J connectivity index is 1.63. The number of cyclic esters (lactones) is 1. The first-order valence-corrected chi connectivity index (χ1v) is 10.6. The van der Waals surface area contributed by atoms with Crippen LogP contribution in [0.15, 0.2) is 71.3 Å². The molecule has 0 saturated carbocycles. The summed E-state index contributed by atoms with van der Waals surface area (Å²) in [7, 11) is 0. The summed E-state index contributed by atoms with van der Waals surface area (Å²) in [6, 6.07) is 19.4. The maximum atomic E-state index is 12.8. The van der Waals surface area contributed by atoms with Crippen LogP contribution in [0.1, 0.15) is 44.0 Å². The Kier molecular flexibility index (Phi) is 5.47. The molecule has 0 radical (unpaired) electrons. The van der Waals surface area contributed by atoms with Crippen molar-refractivity contribution >= 4 is 33.8 Å². The van der Waals surface area contributed by atoms with Crippen LogP contribution in [0.4, 0.5) is 16.6 Å². The summed E-state index contributed by atoms with van der Waals surface area (Å²) in [6.07, 6.45) is 1.24. The van der Waals surface area contributed by atoms with Gasteiger partial charge in [-0.15, -0.1) is 0 Å². The summed E-state index contributed by atoms with van der Waals surface area (Å²) in [5.41, 5.74) is 1.41. The highest BCUT2D eigenvalue weighted by Gasteiger charge is 2.49. The van der Waals surface area contributed by atoms with E-state index < -0.39 is 11.7 Å². The average molecular weight is 467 g/mol. The lowest BCUT2D eigenvalue weighted by Gasteiger charge is -2.28. The summed E-state index contributed by atoms with van der Waals surface area (Å²) < 4.78 is 6.71. The summed E-state index contributed by atoms with van der Waals surface area (Å²) in [6.45, 7) is 5.87. The van der Waals surface area contributed by atoms with Crippen LogP contribution < -0.4 is 10.2 Å². The lowest BCUT2D eigenvalue weighted by Crippen LogP contribution is -2.34. The molecule has 1 amide bonds. The molecule has 0 spiro atoms. The summed E-state index contributed by atoms with van der Waals surface area (Å²) in [5, 5.41) is 3.32. The zero-order chi connectivity index (χ0) is 21.3. The van der Waals surface area contributed by atoms with Crippen molar-refractivity contribution < 1.29 is 9.53 Å². The first-order valence-electron chi connectivity index (χ1n) is 9.77. The topological polar surface area (TPSA) is 67.4 Å². The molecule has 1 saturated heterocycles. The number of carbonyl (C=O) groups is 1. The number of anilines is 2. The molecule has 1 aliphatic rings. The molecule has 3 aromatic rings. The fourth-order valence-electron chi connectivity index (χ4n) is 3.74. The third-order valence-electron chi connectivity index (χ3n) is 5.18. The number of hydrogen-bond acceptors (Lipinski definition) is 5. The van der Waals surface area contributed by atoms with E-state index in [2.05, 4.69) is 31.2 Å². The predicted octanol–water partition coefficient (Wildman–Crippen LogP) is 5.89. The van der Waals surface area contributed by atoms with E-state index in [1.165, 1.54) is 0 Å². The van der Waals surface area contributed by atoms with Gasteiger partial charge in [0.1, 0.15) is 17.5 Å². The van der Waals surface area contributed by atoms with Gasteiger partial charge in [-0.1, -0.05) is 58.4 Å². The number of hydrogen-bond donors (Lipinski definition) is 1. The fourth-order valence-corrected chi connectivity index (χ4v) is 4.00. The van der Waals surface area contributed by atoms with Crippen molar-refractivity contribution in [1.82, 2.24) is 9.97 Å². The van der Waals surface area contributed by atoms with Crippen LogP contribution in [-0.4, -0.2) is 21.7 Å². The summed E-state index contributed by atoms with van der Waals surface area (Å²) in [5.74, 6) is 0.951. The van der Waals surface area contributed by atoms with E-state index in [4.69, 9.17) is 4.74 Å². The van der Waals surface area contributed by atoms with Crippen molar-refractivity contribution in [1.29, 1.82) is 0 Å². The van der Waals surface area contributed by atoms with Gasteiger partial charge in [-0.05, 0) is 50.1 Å². The van der Waals surface area contributed by atoms with Crippen LogP contribution >= 0.6 is 15.9 Å². The van der Waals surface area contributed by atoms with Crippen LogP contribution in [0, 0.1) is 0 Å². The molecule has 1 aliphatic heterocycles. The quantitative estimate of drug-likeness (QED) is 0.507. The molecule has 1 aromatic heterocycles. The van der Waals surface area contributed by atoms with Crippen molar-refractivity contribution in [2.45, 2.75) is 38.5 Å². The van der Waals surface area contributed by atoms with Crippen LogP contribution in [0.5, 0.6) is 0 Å². The Morgan fingerprint density at radius 3 is 2.50 bits per heavy atom. The van der Waals surface area contributed by atoms with Crippen molar-refractivity contribution in [3.8, 4) is 0 Å². The average Bonchev–Trinajstić information content (AvgIpc) is 2.97. The summed E-state index contributed by atoms with van der Waals surface area (Å²) >= 11 is 3.45. The molecule has 1 unspecified atom stereocenters. The number of carbonyl (C=O) groups excluding carboxylic acids is 1. The standard InChI is InChI=1S/C23H23BrN4O2/c1-15(16-9-11-18(24)12-10-16)26-21-25-14-13-19(27-21)28-20(17-7-5-4-6-8-17)23(2,3)30-22(28)29/h4-15,20H,1-3H3,(H,25,26,27)/t15-,20?/m0/s1. The molecule has 1 N–H and O–H groups in total. The molecule has 2 atom stereocenters. The molecule has 2 aromatic carbocycles. The van der Waals surface area contributed by atoms with Gasteiger partial charge < -0.3 is 10.1 Å². The Morgan fingerprint density at radius 2 is 1.80 bits per heavy atom. The zero-order valence-corrected chi connectivity index (χ0v) is 18.6. The van der Waals surface area contributed by atoms with E-state index in [0.717, 1.165) is 15.6 Å². The number of nitrogens with one attached hydrogen (secondary N) is 1. The van der Waals surface area contributed by atoms with E-state index in [-0.39, 0.29) is 12.1 Å². The Morgan fingerprint density at radius 1 is 1.10 bits per heavy atom. The lowest BCUT2D eigenvalue weighted by molar-refractivity contribution is 0.0685. The van der Waals surface area contributed by atoms with Crippen molar-refractivity contribution in [3.63, 3.8) is 0 Å². The van der Waals surface area contributed by atoms with E-state index in [1.807, 2.05) is 75.4 Å². The molecular weight excluding hydrogens is 444 g/mol. The second-order valence-electron chi connectivity index (χ2n) is 7.81. The SMILES string of the molecule is C[C@H](Nc1nccc(N2C(=O)OC(C)(C)C2c2ccccc2)n1)c1ccc(Br)cc1. The van der Waals surface area contributed by atoms with Crippen molar-refractivity contribution in [2.75, 3.05) is 10.2 Å². The monoisotopic (exact) mass is 466 g/mol. The van der Waals surface area contributed by atoms with E-state index in [1.54, 1.807) is 17.2 Å². The minimum atomic E-state index is -0.693. The van der Waals surface area contributed by atoms with Gasteiger partial charge in [0.15, 0.2) is 0 Å². The Labute approximate surface area is 184 Å². The maximum Gasteiger partial charge on any atom is 0.416 e.